The lowest BCUT2D eigenvalue weighted by atomic mass is 10.1. The Hall–Kier alpha value is -3.25. The predicted octanol–water partition coefficient (Wildman–Crippen LogP) is 4.21. The Balaban J connectivity index is 1.69. The lowest BCUT2D eigenvalue weighted by Crippen LogP contribution is -2.19. The molecule has 0 bridgehead atoms. The molecule has 0 saturated heterocycles. The number of aromatic amines is 1. The van der Waals surface area contributed by atoms with Crippen molar-refractivity contribution in [3.63, 3.8) is 0 Å². The molecule has 6 heteroatoms. The zero-order valence-corrected chi connectivity index (χ0v) is 15.7. The van der Waals surface area contributed by atoms with Crippen LogP contribution in [0.3, 0.4) is 0 Å². The first-order valence-electron chi connectivity index (χ1n) is 8.26. The number of halogens is 1. The van der Waals surface area contributed by atoms with Gasteiger partial charge in [-0.15, -0.1) is 0 Å². The van der Waals surface area contributed by atoms with Gasteiger partial charge < -0.3 is 4.98 Å². The summed E-state index contributed by atoms with van der Waals surface area (Å²) in [7, 11) is 0. The largest absolute Gasteiger partial charge is 0.354 e. The molecule has 0 saturated carbocycles. The molecule has 4 aromatic rings. The number of nitrogens with one attached hydrogen (secondary N) is 2. The molecular formula is C21H14BrN3O2. The molecule has 0 spiro atoms. The van der Waals surface area contributed by atoms with Crippen molar-refractivity contribution < 1.29 is 4.79 Å². The van der Waals surface area contributed by atoms with Crippen molar-refractivity contribution in [1.29, 1.82) is 0 Å². The van der Waals surface area contributed by atoms with E-state index in [0.717, 1.165) is 10.0 Å². The number of nitrogens with zero attached hydrogens (tertiary/aromatic N) is 1. The summed E-state index contributed by atoms with van der Waals surface area (Å²) in [5, 5.41) is 5.07. The monoisotopic (exact) mass is 419 g/mol. The molecule has 27 heavy (non-hydrogen) atoms. The molecule has 132 valence electrons. The number of pyridine rings is 1. The first kappa shape index (κ1) is 17.2. The maximum absolute atomic E-state index is 12.7. The van der Waals surface area contributed by atoms with E-state index in [4.69, 9.17) is 0 Å². The quantitative estimate of drug-likeness (QED) is 0.296. The average Bonchev–Trinajstić information content (AvgIpc) is 2.69. The van der Waals surface area contributed by atoms with Crippen molar-refractivity contribution in [2.24, 2.45) is 5.10 Å². The Kier molecular flexibility index (Phi) is 4.56. The van der Waals surface area contributed by atoms with E-state index in [1.807, 2.05) is 42.5 Å². The Labute approximate surface area is 162 Å². The van der Waals surface area contributed by atoms with Crippen molar-refractivity contribution in [2.45, 2.75) is 0 Å². The van der Waals surface area contributed by atoms with Crippen LogP contribution in [-0.4, -0.2) is 17.1 Å². The van der Waals surface area contributed by atoms with Crippen LogP contribution in [0.4, 0.5) is 0 Å². The Bertz CT molecular complexity index is 1240. The Morgan fingerprint density at radius 3 is 2.52 bits per heavy atom. The van der Waals surface area contributed by atoms with Gasteiger partial charge in [0.25, 0.3) is 5.91 Å². The third-order valence-electron chi connectivity index (χ3n) is 4.23. The highest BCUT2D eigenvalue weighted by atomic mass is 79.9. The van der Waals surface area contributed by atoms with Crippen molar-refractivity contribution in [1.82, 2.24) is 10.4 Å². The number of hydrogen-bond donors (Lipinski definition) is 2. The van der Waals surface area contributed by atoms with Gasteiger partial charge in [-0.05, 0) is 42.0 Å². The number of fused-ring (bicyclic) bond motifs is 2. The van der Waals surface area contributed by atoms with E-state index in [0.29, 0.717) is 27.4 Å². The standard InChI is InChI=1S/C21H14BrN3O2/c22-14-10-8-13(9-11-14)12-23-25-21(27)17-6-3-5-16-19(17)24-18-7-2-1-4-15(18)20(16)26/h1-12H,(H,24,26)(H,25,27)/b23-12+. The van der Waals surface area contributed by atoms with Gasteiger partial charge in [0, 0.05) is 20.8 Å². The maximum Gasteiger partial charge on any atom is 0.273 e. The van der Waals surface area contributed by atoms with Gasteiger partial charge in [-0.1, -0.05) is 46.3 Å². The number of rotatable bonds is 3. The fourth-order valence-electron chi connectivity index (χ4n) is 2.91. The maximum atomic E-state index is 12.7. The molecule has 3 aromatic carbocycles. The van der Waals surface area contributed by atoms with E-state index in [-0.39, 0.29) is 11.3 Å². The van der Waals surface area contributed by atoms with Gasteiger partial charge in [-0.25, -0.2) is 5.43 Å². The zero-order chi connectivity index (χ0) is 18.8. The fraction of sp³-hybridized carbons (Fsp3) is 0. The van der Waals surface area contributed by atoms with Crippen LogP contribution >= 0.6 is 15.9 Å². The molecule has 0 aliphatic heterocycles. The smallest absolute Gasteiger partial charge is 0.273 e. The van der Waals surface area contributed by atoms with Crippen LogP contribution in [0.1, 0.15) is 15.9 Å². The lowest BCUT2D eigenvalue weighted by molar-refractivity contribution is 0.0956. The van der Waals surface area contributed by atoms with Crippen LogP contribution < -0.4 is 10.9 Å². The van der Waals surface area contributed by atoms with E-state index in [2.05, 4.69) is 31.4 Å². The predicted molar refractivity (Wildman–Crippen MR) is 111 cm³/mol. The molecule has 0 aliphatic rings. The number of H-pyrrole nitrogens is 1. The molecule has 0 atom stereocenters. The molecule has 0 aliphatic carbocycles. The van der Waals surface area contributed by atoms with E-state index >= 15 is 0 Å². The summed E-state index contributed by atoms with van der Waals surface area (Å²) >= 11 is 3.37. The highest BCUT2D eigenvalue weighted by Crippen LogP contribution is 2.18. The average molecular weight is 420 g/mol. The van der Waals surface area contributed by atoms with Gasteiger partial charge in [-0.2, -0.15) is 5.10 Å². The number of amides is 1. The van der Waals surface area contributed by atoms with Gasteiger partial charge in [0.1, 0.15) is 0 Å². The minimum Gasteiger partial charge on any atom is -0.354 e. The number of para-hydroxylation sites is 2. The molecule has 2 N–H and O–H groups in total. The molecule has 1 aromatic heterocycles. The second-order valence-electron chi connectivity index (χ2n) is 5.98. The molecule has 4 rings (SSSR count). The number of carbonyl (C=O) groups is 1. The third-order valence-corrected chi connectivity index (χ3v) is 4.76. The summed E-state index contributed by atoms with van der Waals surface area (Å²) < 4.78 is 0.968. The Morgan fingerprint density at radius 1 is 0.963 bits per heavy atom. The molecule has 1 amide bonds. The summed E-state index contributed by atoms with van der Waals surface area (Å²) in [6.07, 6.45) is 1.56. The molecule has 0 fully saturated rings. The number of benzene rings is 3. The van der Waals surface area contributed by atoms with Crippen LogP contribution in [0.15, 0.2) is 81.1 Å². The summed E-state index contributed by atoms with van der Waals surface area (Å²) in [4.78, 5) is 28.5. The summed E-state index contributed by atoms with van der Waals surface area (Å²) in [6, 6.07) is 19.8. The van der Waals surface area contributed by atoms with Crippen LogP contribution in [0, 0.1) is 0 Å². The van der Waals surface area contributed by atoms with Crippen molar-refractivity contribution in [3.05, 3.63) is 92.6 Å². The number of hydrogen-bond acceptors (Lipinski definition) is 3. The second-order valence-corrected chi connectivity index (χ2v) is 6.89. The summed E-state index contributed by atoms with van der Waals surface area (Å²) in [5.41, 5.74) is 4.82. The van der Waals surface area contributed by atoms with Crippen LogP contribution in [-0.2, 0) is 0 Å². The molecular weight excluding hydrogens is 406 g/mol. The summed E-state index contributed by atoms with van der Waals surface area (Å²) in [5.74, 6) is -0.389. The van der Waals surface area contributed by atoms with Gasteiger partial charge in [0.15, 0.2) is 5.43 Å². The van der Waals surface area contributed by atoms with E-state index in [1.165, 1.54) is 0 Å². The van der Waals surface area contributed by atoms with Gasteiger partial charge in [0.2, 0.25) is 0 Å². The number of aromatic nitrogens is 1. The van der Waals surface area contributed by atoms with Gasteiger partial charge in [-0.3, -0.25) is 9.59 Å². The summed E-state index contributed by atoms with van der Waals surface area (Å²) in [6.45, 7) is 0. The first-order chi connectivity index (χ1) is 13.1. The van der Waals surface area contributed by atoms with Crippen LogP contribution in [0.2, 0.25) is 0 Å². The van der Waals surface area contributed by atoms with Crippen molar-refractivity contribution in [2.75, 3.05) is 0 Å². The van der Waals surface area contributed by atoms with E-state index in [1.54, 1.807) is 30.5 Å². The molecule has 5 nitrogen and oxygen atoms in total. The normalized spacial score (nSPS) is 11.3. The van der Waals surface area contributed by atoms with Crippen molar-refractivity contribution >= 4 is 49.9 Å². The fourth-order valence-corrected chi connectivity index (χ4v) is 3.17. The van der Waals surface area contributed by atoms with E-state index in [9.17, 15) is 9.59 Å². The molecule has 1 heterocycles. The van der Waals surface area contributed by atoms with Crippen LogP contribution in [0.5, 0.6) is 0 Å². The minimum absolute atomic E-state index is 0.104. The lowest BCUT2D eigenvalue weighted by Gasteiger charge is -2.07. The molecule has 0 radical (unpaired) electrons. The second kappa shape index (κ2) is 7.17. The van der Waals surface area contributed by atoms with Gasteiger partial charge >= 0.3 is 0 Å². The molecule has 0 unspecified atom stereocenters. The highest BCUT2D eigenvalue weighted by molar-refractivity contribution is 9.10. The first-order valence-corrected chi connectivity index (χ1v) is 9.05. The number of hydrazone groups is 1. The number of carbonyl (C=O) groups excluding carboxylic acids is 1. The van der Waals surface area contributed by atoms with Crippen molar-refractivity contribution in [3.8, 4) is 0 Å². The SMILES string of the molecule is O=C(N/N=C/c1ccc(Br)cc1)c1cccc2c(=O)c3ccccc3[nH]c12. The zero-order valence-electron chi connectivity index (χ0n) is 14.1. The minimum atomic E-state index is -0.389. The van der Waals surface area contributed by atoms with E-state index < -0.39 is 0 Å². The highest BCUT2D eigenvalue weighted by Gasteiger charge is 2.13. The third kappa shape index (κ3) is 3.39. The topological polar surface area (TPSA) is 74.3 Å². The van der Waals surface area contributed by atoms with Gasteiger partial charge in [0.05, 0.1) is 17.3 Å². The Morgan fingerprint density at radius 2 is 1.70 bits per heavy atom. The van der Waals surface area contributed by atoms with Crippen LogP contribution in [0.25, 0.3) is 21.8 Å².